The van der Waals surface area contributed by atoms with E-state index in [0.29, 0.717) is 0 Å². The van der Waals surface area contributed by atoms with E-state index in [4.69, 9.17) is 15.0 Å². The minimum Gasteiger partial charge on any atom is -0.354 e. The van der Waals surface area contributed by atoms with Crippen LogP contribution in [0.4, 0.5) is 4.79 Å². The van der Waals surface area contributed by atoms with Crippen molar-refractivity contribution in [1.82, 2.24) is 0 Å². The van der Waals surface area contributed by atoms with Crippen LogP contribution >= 0.6 is 0 Å². The van der Waals surface area contributed by atoms with Crippen molar-refractivity contribution in [2.45, 2.75) is 19.3 Å². The van der Waals surface area contributed by atoms with Gasteiger partial charge in [0, 0.05) is 6.42 Å². The van der Waals surface area contributed by atoms with Crippen LogP contribution in [0.5, 0.6) is 0 Å². The zero-order valence-corrected chi connectivity index (χ0v) is 5.74. The lowest BCUT2D eigenvalue weighted by Gasteiger charge is -2.10. The van der Waals surface area contributed by atoms with Crippen molar-refractivity contribution in [3.05, 3.63) is 0 Å². The van der Waals surface area contributed by atoms with Gasteiger partial charge in [-0.05, 0) is 0 Å². The topological polar surface area (TPSA) is 136 Å². The molecule has 0 aliphatic rings. The summed E-state index contributed by atoms with van der Waals surface area (Å²) in [6, 6.07) is -0.833. The van der Waals surface area contributed by atoms with E-state index in [1.807, 2.05) is 0 Å². The van der Waals surface area contributed by atoms with Gasteiger partial charge in [0.1, 0.15) is 0 Å². The first-order chi connectivity index (χ1) is 4.29. The molecule has 0 rings (SSSR count). The molecule has 10 heavy (non-hydrogen) atoms. The minimum absolute atomic E-state index is 0.160. The molecule has 0 spiro atoms. The first-order valence-electron chi connectivity index (χ1n) is 2.58. The normalized spacial score (nSPS) is 9.60. The average molecular weight is 151 g/mol. The fraction of sp³-hybridized carbons (Fsp3) is 0.750. The van der Waals surface area contributed by atoms with Crippen LogP contribution in [0.15, 0.2) is 0 Å². The fourth-order valence-electron chi connectivity index (χ4n) is 0. The van der Waals surface area contributed by atoms with Gasteiger partial charge in [0.2, 0.25) is 5.91 Å². The number of aliphatic hydroxyl groups is 2. The maximum Gasteiger partial charge on any atom is 0.309 e. The molecule has 0 unspecified atom stereocenters. The van der Waals surface area contributed by atoms with Gasteiger partial charge >= 0.3 is 6.03 Å². The molecule has 0 atom stereocenters. The van der Waals surface area contributed by atoms with Crippen LogP contribution in [0.25, 0.3) is 0 Å². The lowest BCUT2D eigenvalue weighted by molar-refractivity contribution is -0.156. The Morgan fingerprint density at radius 2 is 1.60 bits per heavy atom. The van der Waals surface area contributed by atoms with Crippen LogP contribution in [0.1, 0.15) is 13.3 Å². The summed E-state index contributed by atoms with van der Waals surface area (Å²) in [6.07, 6.45) is 0.160. The molecule has 0 aliphatic carbocycles. The molecule has 0 aromatic rings. The summed E-state index contributed by atoms with van der Waals surface area (Å²) in [5.74, 6) is -1.96. The lowest BCUT2D eigenvalue weighted by Crippen LogP contribution is -2.37. The van der Waals surface area contributed by atoms with Crippen LogP contribution in [-0.2, 0) is 0 Å². The van der Waals surface area contributed by atoms with Gasteiger partial charge in [0.15, 0.2) is 0 Å². The summed E-state index contributed by atoms with van der Waals surface area (Å²) in [7, 11) is 0. The second kappa shape index (κ2) is 4.98. The van der Waals surface area contributed by atoms with Crippen molar-refractivity contribution in [2.75, 3.05) is 0 Å². The second-order valence-corrected chi connectivity index (χ2v) is 1.63. The lowest BCUT2D eigenvalue weighted by atomic mass is 10.4. The van der Waals surface area contributed by atoms with Crippen molar-refractivity contribution in [3.8, 4) is 0 Å². The number of rotatable bonds is 1. The molecule has 0 aliphatic heterocycles. The van der Waals surface area contributed by atoms with Gasteiger partial charge in [-0.1, -0.05) is 6.92 Å². The SMILES string of the molecule is CCC(N)(O)O.NC(N)=O. The van der Waals surface area contributed by atoms with Gasteiger partial charge in [-0.15, -0.1) is 0 Å². The Labute approximate surface area is 58.6 Å². The molecular weight excluding hydrogens is 138 g/mol. The second-order valence-electron chi connectivity index (χ2n) is 1.63. The highest BCUT2D eigenvalue weighted by Crippen LogP contribution is 1.90. The quantitative estimate of drug-likeness (QED) is 0.277. The largest absolute Gasteiger partial charge is 0.354 e. The molecule has 0 bridgehead atoms. The number of carbonyl (C=O) groups excluding carboxylic acids is 1. The first-order valence-corrected chi connectivity index (χ1v) is 2.58. The van der Waals surface area contributed by atoms with E-state index in [9.17, 15) is 0 Å². The molecule has 0 saturated heterocycles. The summed E-state index contributed by atoms with van der Waals surface area (Å²) in [5.41, 5.74) is 13.1. The zero-order chi connectivity index (χ0) is 8.78. The van der Waals surface area contributed by atoms with Gasteiger partial charge in [-0.2, -0.15) is 0 Å². The highest BCUT2D eigenvalue weighted by Gasteiger charge is 2.09. The van der Waals surface area contributed by atoms with Crippen molar-refractivity contribution in [2.24, 2.45) is 17.2 Å². The van der Waals surface area contributed by atoms with Gasteiger partial charge in [0.25, 0.3) is 0 Å². The zero-order valence-electron chi connectivity index (χ0n) is 5.74. The molecule has 0 aromatic heterocycles. The molecule has 6 heteroatoms. The van der Waals surface area contributed by atoms with Crippen molar-refractivity contribution >= 4 is 6.03 Å². The van der Waals surface area contributed by atoms with Crippen molar-refractivity contribution in [1.29, 1.82) is 0 Å². The van der Waals surface area contributed by atoms with Crippen LogP contribution in [-0.4, -0.2) is 22.2 Å². The molecular formula is C4H13N3O3. The maximum absolute atomic E-state index is 9.00. The van der Waals surface area contributed by atoms with Crippen molar-refractivity contribution in [3.63, 3.8) is 0 Å². The third kappa shape index (κ3) is 58.5. The third-order valence-corrected chi connectivity index (χ3v) is 0.520. The highest BCUT2D eigenvalue weighted by molar-refractivity contribution is 5.69. The van der Waals surface area contributed by atoms with E-state index in [1.165, 1.54) is 0 Å². The molecule has 8 N–H and O–H groups in total. The summed E-state index contributed by atoms with van der Waals surface area (Å²) in [4.78, 5) is 9.00. The molecule has 0 fully saturated rings. The van der Waals surface area contributed by atoms with Gasteiger partial charge < -0.3 is 21.7 Å². The van der Waals surface area contributed by atoms with Crippen LogP contribution in [0.3, 0.4) is 0 Å². The van der Waals surface area contributed by atoms with Crippen LogP contribution in [0.2, 0.25) is 0 Å². The molecule has 6 nitrogen and oxygen atoms in total. The van der Waals surface area contributed by atoms with E-state index in [-0.39, 0.29) is 6.42 Å². The van der Waals surface area contributed by atoms with Crippen LogP contribution in [0, 0.1) is 0 Å². The summed E-state index contributed by atoms with van der Waals surface area (Å²) in [6.45, 7) is 1.58. The minimum atomic E-state index is -1.96. The fourth-order valence-corrected chi connectivity index (χ4v) is 0. The Balaban J connectivity index is 0. The Hall–Kier alpha value is -0.850. The average Bonchev–Trinajstić information content (AvgIpc) is 1.63. The molecule has 2 amide bonds. The number of hydrogen-bond donors (Lipinski definition) is 5. The summed E-state index contributed by atoms with van der Waals surface area (Å²) < 4.78 is 0. The van der Waals surface area contributed by atoms with Crippen LogP contribution < -0.4 is 17.2 Å². The number of carbonyl (C=O) groups is 1. The standard InChI is InChI=1S/C3H9NO2.CH4N2O/c1-2-3(4,5)6;2-1(3)4/h5-6H,2,4H2,1H3;(H4,2,3,4). The van der Waals surface area contributed by atoms with E-state index in [2.05, 4.69) is 17.2 Å². The van der Waals surface area contributed by atoms with E-state index >= 15 is 0 Å². The summed E-state index contributed by atoms with van der Waals surface area (Å²) >= 11 is 0. The van der Waals surface area contributed by atoms with E-state index in [0.717, 1.165) is 0 Å². The van der Waals surface area contributed by atoms with E-state index in [1.54, 1.807) is 6.92 Å². The smallest absolute Gasteiger partial charge is 0.309 e. The number of urea groups is 1. The monoisotopic (exact) mass is 151 g/mol. The van der Waals surface area contributed by atoms with Gasteiger partial charge in [0.05, 0.1) is 0 Å². The van der Waals surface area contributed by atoms with Crippen molar-refractivity contribution < 1.29 is 15.0 Å². The summed E-state index contributed by atoms with van der Waals surface area (Å²) in [5, 5.41) is 16.3. The van der Waals surface area contributed by atoms with Gasteiger partial charge in [-0.3, -0.25) is 5.73 Å². The Morgan fingerprint density at radius 1 is 1.50 bits per heavy atom. The number of nitrogens with two attached hydrogens (primary N) is 3. The predicted molar refractivity (Wildman–Crippen MR) is 35.4 cm³/mol. The molecule has 62 valence electrons. The molecule has 0 saturated carbocycles. The molecule has 0 aromatic carbocycles. The third-order valence-electron chi connectivity index (χ3n) is 0.520. The number of hydrogen-bond acceptors (Lipinski definition) is 4. The molecule has 0 heterocycles. The van der Waals surface area contributed by atoms with Gasteiger partial charge in [-0.25, -0.2) is 4.79 Å². The predicted octanol–water partition coefficient (Wildman–Crippen LogP) is -1.98. The number of primary amides is 2. The highest BCUT2D eigenvalue weighted by atomic mass is 16.5. The Kier molecular flexibility index (Phi) is 5.92. The number of amides is 2. The Morgan fingerprint density at radius 3 is 1.60 bits per heavy atom. The Bertz CT molecular complexity index is 94.4. The first kappa shape index (κ1) is 11.9. The molecule has 0 radical (unpaired) electrons. The van der Waals surface area contributed by atoms with E-state index < -0.39 is 11.9 Å². The maximum atomic E-state index is 9.00.